The molecule has 0 saturated heterocycles. The van der Waals surface area contributed by atoms with Crippen LogP contribution < -0.4 is 0 Å². The standard InChI is InChI=1S/C21H30O2/c1-4-21(23)12-9-18-16-6-5-14-13-15(22)7-10-19(14,2)17(16)8-11-20(18,21)3/h4,13,16-18,23H,1,5-12H2,2-3H3/t16?,17-,18-,19+,20+,21-/m1/s1. The summed E-state index contributed by atoms with van der Waals surface area (Å²) in [6, 6.07) is 0. The molecule has 2 nitrogen and oxygen atoms in total. The smallest absolute Gasteiger partial charge is 0.155 e. The Kier molecular flexibility index (Phi) is 3.27. The van der Waals surface area contributed by atoms with Crippen molar-refractivity contribution in [1.82, 2.24) is 0 Å². The minimum Gasteiger partial charge on any atom is -0.385 e. The second-order valence-electron chi connectivity index (χ2n) is 9.09. The van der Waals surface area contributed by atoms with Crippen LogP contribution >= 0.6 is 0 Å². The van der Waals surface area contributed by atoms with Crippen LogP contribution in [0.5, 0.6) is 0 Å². The molecule has 0 aromatic heterocycles. The van der Waals surface area contributed by atoms with E-state index < -0.39 is 5.60 Å². The second kappa shape index (κ2) is 4.81. The fourth-order valence-electron chi connectivity index (χ4n) is 6.95. The van der Waals surface area contributed by atoms with E-state index in [1.807, 2.05) is 12.2 Å². The molecule has 0 aromatic carbocycles. The number of hydrogen-bond donors (Lipinski definition) is 1. The Morgan fingerprint density at radius 1 is 1.13 bits per heavy atom. The highest BCUT2D eigenvalue weighted by atomic mass is 16.3. The maximum absolute atomic E-state index is 11.9. The van der Waals surface area contributed by atoms with E-state index in [-0.39, 0.29) is 10.8 Å². The van der Waals surface area contributed by atoms with Crippen molar-refractivity contribution in [3.05, 3.63) is 24.3 Å². The predicted molar refractivity (Wildman–Crippen MR) is 91.9 cm³/mol. The summed E-state index contributed by atoms with van der Waals surface area (Å²) in [7, 11) is 0. The first kappa shape index (κ1) is 15.6. The third-order valence-electron chi connectivity index (χ3n) is 8.51. The van der Waals surface area contributed by atoms with Gasteiger partial charge in [0, 0.05) is 11.8 Å². The van der Waals surface area contributed by atoms with Crippen molar-refractivity contribution in [2.75, 3.05) is 0 Å². The summed E-state index contributed by atoms with van der Waals surface area (Å²) in [6.45, 7) is 8.67. The van der Waals surface area contributed by atoms with Crippen LogP contribution in [0.3, 0.4) is 0 Å². The molecule has 23 heavy (non-hydrogen) atoms. The van der Waals surface area contributed by atoms with E-state index >= 15 is 0 Å². The summed E-state index contributed by atoms with van der Waals surface area (Å²) < 4.78 is 0. The van der Waals surface area contributed by atoms with Gasteiger partial charge in [-0.15, -0.1) is 6.58 Å². The Hall–Kier alpha value is -0.890. The number of carbonyl (C=O) groups is 1. The molecule has 6 atom stereocenters. The fourth-order valence-corrected chi connectivity index (χ4v) is 6.95. The van der Waals surface area contributed by atoms with E-state index in [1.54, 1.807) is 0 Å². The predicted octanol–water partition coefficient (Wildman–Crippen LogP) is 4.44. The number of hydrogen-bond acceptors (Lipinski definition) is 2. The second-order valence-corrected chi connectivity index (χ2v) is 9.09. The molecule has 126 valence electrons. The maximum Gasteiger partial charge on any atom is 0.155 e. The maximum atomic E-state index is 11.9. The first-order chi connectivity index (χ1) is 10.8. The molecule has 0 amide bonds. The van der Waals surface area contributed by atoms with Crippen LogP contribution in [0.15, 0.2) is 24.3 Å². The molecule has 2 heteroatoms. The van der Waals surface area contributed by atoms with Gasteiger partial charge < -0.3 is 5.11 Å². The minimum atomic E-state index is -0.678. The molecule has 0 aromatic rings. The molecular weight excluding hydrogens is 284 g/mol. The van der Waals surface area contributed by atoms with Gasteiger partial charge in [0.2, 0.25) is 0 Å². The largest absolute Gasteiger partial charge is 0.385 e. The normalized spacial score (nSPS) is 52.2. The van der Waals surface area contributed by atoms with E-state index in [1.165, 1.54) is 18.4 Å². The summed E-state index contributed by atoms with van der Waals surface area (Å²) in [4.78, 5) is 11.9. The lowest BCUT2D eigenvalue weighted by atomic mass is 9.46. The summed E-state index contributed by atoms with van der Waals surface area (Å²) >= 11 is 0. The Labute approximate surface area is 140 Å². The average molecular weight is 314 g/mol. The van der Waals surface area contributed by atoms with Crippen LogP contribution in [-0.4, -0.2) is 16.5 Å². The first-order valence-corrected chi connectivity index (χ1v) is 9.44. The van der Waals surface area contributed by atoms with E-state index in [9.17, 15) is 9.90 Å². The van der Waals surface area contributed by atoms with Crippen LogP contribution in [0.2, 0.25) is 0 Å². The van der Waals surface area contributed by atoms with Gasteiger partial charge in [-0.3, -0.25) is 4.79 Å². The number of carbonyl (C=O) groups excluding carboxylic acids is 1. The third-order valence-corrected chi connectivity index (χ3v) is 8.51. The number of ketones is 1. The molecule has 1 N–H and O–H groups in total. The van der Waals surface area contributed by atoms with Gasteiger partial charge in [-0.1, -0.05) is 25.5 Å². The van der Waals surface area contributed by atoms with Gasteiger partial charge >= 0.3 is 0 Å². The van der Waals surface area contributed by atoms with Gasteiger partial charge in [0.1, 0.15) is 0 Å². The zero-order valence-electron chi connectivity index (χ0n) is 14.6. The zero-order valence-corrected chi connectivity index (χ0v) is 14.6. The zero-order chi connectivity index (χ0) is 16.5. The lowest BCUT2D eigenvalue weighted by Gasteiger charge is -2.58. The molecular formula is C21H30O2. The van der Waals surface area contributed by atoms with Crippen molar-refractivity contribution in [3.63, 3.8) is 0 Å². The van der Waals surface area contributed by atoms with Crippen LogP contribution in [0.25, 0.3) is 0 Å². The molecule has 4 aliphatic carbocycles. The topological polar surface area (TPSA) is 37.3 Å². The summed E-state index contributed by atoms with van der Waals surface area (Å²) in [5, 5.41) is 11.1. The average Bonchev–Trinajstić information content (AvgIpc) is 2.80. The molecule has 0 bridgehead atoms. The van der Waals surface area contributed by atoms with Crippen LogP contribution in [0.4, 0.5) is 0 Å². The van der Waals surface area contributed by atoms with Crippen molar-refractivity contribution in [1.29, 1.82) is 0 Å². The van der Waals surface area contributed by atoms with Crippen LogP contribution in [0.1, 0.15) is 65.2 Å². The number of rotatable bonds is 1. The number of allylic oxidation sites excluding steroid dienone is 1. The fraction of sp³-hybridized carbons (Fsp3) is 0.762. The first-order valence-electron chi connectivity index (χ1n) is 9.44. The molecule has 1 unspecified atom stereocenters. The molecule has 0 aliphatic heterocycles. The van der Waals surface area contributed by atoms with E-state index in [2.05, 4.69) is 20.4 Å². The Bertz CT molecular complexity index is 591. The molecule has 0 heterocycles. The van der Waals surface area contributed by atoms with Gasteiger partial charge in [-0.25, -0.2) is 0 Å². The Morgan fingerprint density at radius 3 is 2.61 bits per heavy atom. The molecule has 4 rings (SSSR count). The van der Waals surface area contributed by atoms with Crippen LogP contribution in [-0.2, 0) is 4.79 Å². The van der Waals surface area contributed by atoms with Crippen molar-refractivity contribution in [3.8, 4) is 0 Å². The molecule has 0 spiro atoms. The van der Waals surface area contributed by atoms with Gasteiger partial charge in [0.05, 0.1) is 5.60 Å². The lowest BCUT2D eigenvalue weighted by molar-refractivity contribution is -0.120. The molecule has 0 radical (unpaired) electrons. The minimum absolute atomic E-state index is 0.00200. The van der Waals surface area contributed by atoms with Crippen LogP contribution in [0, 0.1) is 28.6 Å². The van der Waals surface area contributed by atoms with Gasteiger partial charge in [0.25, 0.3) is 0 Å². The number of fused-ring (bicyclic) bond motifs is 5. The Morgan fingerprint density at radius 2 is 1.87 bits per heavy atom. The SMILES string of the molecule is C=C[C@@]1(O)CC[C@@H]2C3CCC4=CC(=O)CC[C@]4(C)[C@@H]3CC[C@@]21C. The van der Waals surface area contributed by atoms with Gasteiger partial charge in [0.15, 0.2) is 5.78 Å². The highest BCUT2D eigenvalue weighted by Gasteiger charge is 2.62. The third kappa shape index (κ3) is 1.88. The van der Waals surface area contributed by atoms with E-state index in [4.69, 9.17) is 0 Å². The van der Waals surface area contributed by atoms with E-state index in [0.717, 1.165) is 38.5 Å². The summed E-state index contributed by atoms with van der Waals surface area (Å²) in [5.41, 5.74) is 0.975. The monoisotopic (exact) mass is 314 g/mol. The van der Waals surface area contributed by atoms with Gasteiger partial charge in [-0.05, 0) is 74.2 Å². The summed E-state index contributed by atoms with van der Waals surface area (Å²) in [6.07, 6.45) is 12.1. The quantitative estimate of drug-likeness (QED) is 0.727. The summed E-state index contributed by atoms with van der Waals surface area (Å²) in [5.74, 6) is 2.35. The number of aliphatic hydroxyl groups is 1. The molecule has 3 saturated carbocycles. The molecule has 3 fully saturated rings. The lowest BCUT2D eigenvalue weighted by Crippen LogP contribution is -2.54. The molecule has 4 aliphatic rings. The highest BCUT2D eigenvalue weighted by molar-refractivity contribution is 5.91. The van der Waals surface area contributed by atoms with Crippen molar-refractivity contribution in [2.45, 2.75) is 70.8 Å². The van der Waals surface area contributed by atoms with Crippen molar-refractivity contribution in [2.24, 2.45) is 28.6 Å². The Balaban J connectivity index is 1.70. The van der Waals surface area contributed by atoms with E-state index in [0.29, 0.717) is 23.5 Å². The van der Waals surface area contributed by atoms with Crippen molar-refractivity contribution < 1.29 is 9.90 Å². The highest BCUT2D eigenvalue weighted by Crippen LogP contribution is 2.67. The van der Waals surface area contributed by atoms with Gasteiger partial charge in [-0.2, -0.15) is 0 Å². The van der Waals surface area contributed by atoms with Crippen molar-refractivity contribution >= 4 is 5.78 Å².